The number of hydrogen-bond donors (Lipinski definition) is 1. The van der Waals surface area contributed by atoms with Gasteiger partial charge in [0.25, 0.3) is 0 Å². The van der Waals surface area contributed by atoms with E-state index in [1.165, 1.54) is 58.3 Å². The van der Waals surface area contributed by atoms with Crippen molar-refractivity contribution in [2.75, 3.05) is 26.2 Å². The van der Waals surface area contributed by atoms with Crippen molar-refractivity contribution in [2.24, 2.45) is 5.92 Å². The molecule has 1 aliphatic rings. The average Bonchev–Trinajstić information content (AvgIpc) is 2.77. The second-order valence-corrected chi connectivity index (χ2v) is 5.90. The highest BCUT2D eigenvalue weighted by Crippen LogP contribution is 2.26. The third kappa shape index (κ3) is 4.59. The largest absolute Gasteiger partial charge is 0.310 e. The van der Waals surface area contributed by atoms with Crippen LogP contribution in [0, 0.1) is 5.92 Å². The third-order valence-electron chi connectivity index (χ3n) is 4.30. The highest BCUT2D eigenvalue weighted by atomic mass is 15.2. The first-order valence-electron chi connectivity index (χ1n) is 7.63. The van der Waals surface area contributed by atoms with Crippen molar-refractivity contribution >= 4 is 0 Å². The summed E-state index contributed by atoms with van der Waals surface area (Å²) >= 11 is 0. The van der Waals surface area contributed by atoms with Gasteiger partial charge in [0.15, 0.2) is 0 Å². The molecule has 2 unspecified atom stereocenters. The van der Waals surface area contributed by atoms with Crippen molar-refractivity contribution in [1.82, 2.24) is 10.2 Å². The van der Waals surface area contributed by atoms with Gasteiger partial charge in [0.05, 0.1) is 0 Å². The zero-order valence-electron chi connectivity index (χ0n) is 12.4. The average molecular weight is 240 g/mol. The molecule has 0 saturated carbocycles. The predicted octanol–water partition coefficient (Wildman–Crippen LogP) is 3.28. The Balaban J connectivity index is 2.51. The number of hydrogen-bond acceptors (Lipinski definition) is 2. The van der Waals surface area contributed by atoms with Crippen LogP contribution in [0.3, 0.4) is 0 Å². The summed E-state index contributed by atoms with van der Waals surface area (Å²) in [5.41, 5.74) is 0.429. The van der Waals surface area contributed by atoms with E-state index < -0.39 is 0 Å². The van der Waals surface area contributed by atoms with E-state index in [0.717, 1.165) is 5.92 Å². The quantitative estimate of drug-likeness (QED) is 0.700. The molecule has 1 aliphatic heterocycles. The number of nitrogens with zero attached hydrogens (tertiary/aromatic N) is 1. The summed E-state index contributed by atoms with van der Waals surface area (Å²) in [5.74, 6) is 0.829. The van der Waals surface area contributed by atoms with Crippen LogP contribution in [-0.2, 0) is 0 Å². The minimum Gasteiger partial charge on any atom is -0.310 e. The minimum atomic E-state index is 0.429. The van der Waals surface area contributed by atoms with Gasteiger partial charge in [0.1, 0.15) is 0 Å². The molecule has 2 heteroatoms. The van der Waals surface area contributed by atoms with E-state index >= 15 is 0 Å². The summed E-state index contributed by atoms with van der Waals surface area (Å²) in [6.07, 6.45) is 6.67. The normalized spacial score (nSPS) is 26.6. The molecule has 2 nitrogen and oxygen atoms in total. The smallest absolute Gasteiger partial charge is 0.0309 e. The second kappa shape index (κ2) is 7.38. The molecule has 1 N–H and O–H groups in total. The van der Waals surface area contributed by atoms with Crippen LogP contribution in [0.5, 0.6) is 0 Å². The molecule has 1 rings (SSSR count). The zero-order valence-corrected chi connectivity index (χ0v) is 12.4. The summed E-state index contributed by atoms with van der Waals surface area (Å²) in [5, 5.41) is 3.79. The van der Waals surface area contributed by atoms with Crippen LogP contribution in [0.1, 0.15) is 59.8 Å². The van der Waals surface area contributed by atoms with Gasteiger partial charge in [-0.15, -0.1) is 0 Å². The Morgan fingerprint density at radius 3 is 2.53 bits per heavy atom. The fourth-order valence-corrected chi connectivity index (χ4v) is 3.08. The van der Waals surface area contributed by atoms with Crippen molar-refractivity contribution in [2.45, 2.75) is 65.3 Å². The molecule has 0 amide bonds. The van der Waals surface area contributed by atoms with Gasteiger partial charge in [-0.3, -0.25) is 0 Å². The van der Waals surface area contributed by atoms with Gasteiger partial charge in [-0.25, -0.2) is 0 Å². The van der Waals surface area contributed by atoms with E-state index in [9.17, 15) is 0 Å². The zero-order chi connectivity index (χ0) is 12.7. The number of rotatable bonds is 8. The van der Waals surface area contributed by atoms with Gasteiger partial charge in [0.2, 0.25) is 0 Å². The highest BCUT2D eigenvalue weighted by molar-refractivity contribution is 4.95. The molecule has 0 aromatic carbocycles. The lowest BCUT2D eigenvalue weighted by Gasteiger charge is -2.36. The molecular weight excluding hydrogens is 208 g/mol. The fraction of sp³-hybridized carbons (Fsp3) is 1.00. The predicted molar refractivity (Wildman–Crippen MR) is 76.4 cm³/mol. The summed E-state index contributed by atoms with van der Waals surface area (Å²) in [6.45, 7) is 14.2. The molecule has 0 aromatic heterocycles. The van der Waals surface area contributed by atoms with Crippen molar-refractivity contribution in [1.29, 1.82) is 0 Å². The van der Waals surface area contributed by atoms with Crippen molar-refractivity contribution in [3.8, 4) is 0 Å². The van der Waals surface area contributed by atoms with Gasteiger partial charge in [-0.2, -0.15) is 0 Å². The van der Waals surface area contributed by atoms with E-state index in [1.54, 1.807) is 0 Å². The van der Waals surface area contributed by atoms with Crippen LogP contribution in [0.15, 0.2) is 0 Å². The molecule has 0 spiro atoms. The van der Waals surface area contributed by atoms with Crippen LogP contribution in [-0.4, -0.2) is 36.6 Å². The Morgan fingerprint density at radius 2 is 2.06 bits per heavy atom. The van der Waals surface area contributed by atoms with E-state index in [4.69, 9.17) is 0 Å². The minimum absolute atomic E-state index is 0.429. The summed E-state index contributed by atoms with van der Waals surface area (Å²) in [6, 6.07) is 0. The van der Waals surface area contributed by atoms with Gasteiger partial charge < -0.3 is 10.2 Å². The van der Waals surface area contributed by atoms with Crippen LogP contribution >= 0.6 is 0 Å². The Hall–Kier alpha value is -0.0800. The molecular formula is C15H32N2. The second-order valence-electron chi connectivity index (χ2n) is 5.90. The number of likely N-dealkylation sites (N-methyl/N-ethyl adjacent to an activating group) is 1. The van der Waals surface area contributed by atoms with Crippen LogP contribution < -0.4 is 5.32 Å². The molecule has 0 aromatic rings. The fourth-order valence-electron chi connectivity index (χ4n) is 3.08. The van der Waals surface area contributed by atoms with Crippen LogP contribution in [0.25, 0.3) is 0 Å². The van der Waals surface area contributed by atoms with E-state index in [1.807, 2.05) is 0 Å². The molecule has 1 heterocycles. The molecule has 102 valence electrons. The van der Waals surface area contributed by atoms with Crippen molar-refractivity contribution in [3.63, 3.8) is 0 Å². The maximum Gasteiger partial charge on any atom is 0.0309 e. The molecule has 0 radical (unpaired) electrons. The Labute approximate surface area is 108 Å². The monoisotopic (exact) mass is 240 g/mol. The van der Waals surface area contributed by atoms with Crippen molar-refractivity contribution in [3.05, 3.63) is 0 Å². The lowest BCUT2D eigenvalue weighted by molar-refractivity contribution is 0.170. The SMILES string of the molecule is CCCC1(CN(CC)CC(C)CC)CCCN1. The lowest BCUT2D eigenvalue weighted by Crippen LogP contribution is -2.50. The molecule has 0 aliphatic carbocycles. The molecule has 17 heavy (non-hydrogen) atoms. The Morgan fingerprint density at radius 1 is 1.29 bits per heavy atom. The summed E-state index contributed by atoms with van der Waals surface area (Å²) in [4.78, 5) is 2.65. The standard InChI is InChI=1S/C15H32N2/c1-5-9-15(10-8-11-16-15)13-17(7-3)12-14(4)6-2/h14,16H,5-13H2,1-4H3. The van der Waals surface area contributed by atoms with E-state index in [0.29, 0.717) is 5.54 Å². The molecule has 1 fully saturated rings. The first kappa shape index (κ1) is 15.0. The molecule has 2 atom stereocenters. The third-order valence-corrected chi connectivity index (χ3v) is 4.30. The van der Waals surface area contributed by atoms with E-state index in [2.05, 4.69) is 37.9 Å². The van der Waals surface area contributed by atoms with Gasteiger partial charge in [0, 0.05) is 18.6 Å². The van der Waals surface area contributed by atoms with Gasteiger partial charge >= 0.3 is 0 Å². The maximum absolute atomic E-state index is 3.79. The first-order valence-corrected chi connectivity index (χ1v) is 7.63. The molecule has 1 saturated heterocycles. The highest BCUT2D eigenvalue weighted by Gasteiger charge is 2.33. The van der Waals surface area contributed by atoms with Crippen LogP contribution in [0.4, 0.5) is 0 Å². The first-order chi connectivity index (χ1) is 8.15. The van der Waals surface area contributed by atoms with Crippen LogP contribution in [0.2, 0.25) is 0 Å². The lowest BCUT2D eigenvalue weighted by atomic mass is 9.91. The topological polar surface area (TPSA) is 15.3 Å². The van der Waals surface area contributed by atoms with Gasteiger partial charge in [-0.1, -0.05) is 40.5 Å². The maximum atomic E-state index is 3.79. The number of nitrogens with one attached hydrogen (secondary N) is 1. The van der Waals surface area contributed by atoms with E-state index in [-0.39, 0.29) is 0 Å². The summed E-state index contributed by atoms with van der Waals surface area (Å²) < 4.78 is 0. The Kier molecular flexibility index (Phi) is 6.50. The van der Waals surface area contributed by atoms with Gasteiger partial charge in [-0.05, 0) is 38.3 Å². The molecule has 0 bridgehead atoms. The Bertz CT molecular complexity index is 197. The van der Waals surface area contributed by atoms with Crippen molar-refractivity contribution < 1.29 is 0 Å². The summed E-state index contributed by atoms with van der Waals surface area (Å²) in [7, 11) is 0.